The van der Waals surface area contributed by atoms with Gasteiger partial charge in [-0.05, 0) is 55.0 Å². The first kappa shape index (κ1) is 18.7. The molecule has 1 aromatic heterocycles. The van der Waals surface area contributed by atoms with Crippen molar-refractivity contribution in [3.05, 3.63) is 65.4 Å². The van der Waals surface area contributed by atoms with Crippen molar-refractivity contribution >= 4 is 21.5 Å². The number of nitrogens with zero attached hydrogens (tertiary/aromatic N) is 1. The maximum absolute atomic E-state index is 12.7. The average molecular weight is 386 g/mol. The van der Waals surface area contributed by atoms with Gasteiger partial charge in [0.15, 0.2) is 11.5 Å². The number of sulfonamides is 1. The molecule has 0 aliphatic heterocycles. The summed E-state index contributed by atoms with van der Waals surface area (Å²) >= 11 is 0. The molecule has 1 heterocycles. The minimum absolute atomic E-state index is 0.0749. The first-order chi connectivity index (χ1) is 12.8. The Balaban J connectivity index is 1.94. The van der Waals surface area contributed by atoms with Crippen molar-refractivity contribution < 1.29 is 22.8 Å². The molecule has 0 amide bonds. The molecule has 0 aliphatic carbocycles. The number of rotatable bonds is 6. The molecule has 0 bridgehead atoms. The maximum Gasteiger partial charge on any atom is 0.229 e. The molecule has 0 fully saturated rings. The van der Waals surface area contributed by atoms with Crippen LogP contribution in [0.5, 0.6) is 5.75 Å². The largest absolute Gasteiger partial charge is 0.508 e. The molecule has 3 aromatic rings. The van der Waals surface area contributed by atoms with Gasteiger partial charge in [-0.25, -0.2) is 8.42 Å². The van der Waals surface area contributed by atoms with E-state index in [1.54, 1.807) is 24.3 Å². The second-order valence-electron chi connectivity index (χ2n) is 6.02. The summed E-state index contributed by atoms with van der Waals surface area (Å²) in [6, 6.07) is 12.5. The topological polar surface area (TPSA) is 110 Å². The van der Waals surface area contributed by atoms with E-state index < -0.39 is 10.0 Å². The van der Waals surface area contributed by atoms with Gasteiger partial charge in [0.2, 0.25) is 15.8 Å². The number of carbonyl (C=O) groups excluding carboxylic acids is 1. The van der Waals surface area contributed by atoms with E-state index in [1.807, 2.05) is 6.92 Å². The Morgan fingerprint density at radius 2 is 1.74 bits per heavy atom. The lowest BCUT2D eigenvalue weighted by Crippen LogP contribution is -2.09. The summed E-state index contributed by atoms with van der Waals surface area (Å²) in [6.07, 6.45) is 1.61. The van der Waals surface area contributed by atoms with Gasteiger partial charge in [-0.15, -0.1) is 0 Å². The molecule has 140 valence electrons. The lowest BCUT2D eigenvalue weighted by atomic mass is 9.99. The van der Waals surface area contributed by atoms with Crippen molar-refractivity contribution in [2.45, 2.75) is 13.3 Å². The molecule has 0 spiro atoms. The standard InChI is InChI=1S/C19H18N2O5S/c1-3-16-17(18(23)12-6-10-15(22)11-7-12)20-26-19(16)13-4-8-14(9-5-13)21-27(2,24)25/h4-11,21-22H,3H2,1-2H3. The number of aromatic nitrogens is 1. The number of hydrogen-bond donors (Lipinski definition) is 2. The summed E-state index contributed by atoms with van der Waals surface area (Å²) in [5.74, 6) is 0.244. The smallest absolute Gasteiger partial charge is 0.229 e. The van der Waals surface area contributed by atoms with Crippen LogP contribution < -0.4 is 4.72 Å². The van der Waals surface area contributed by atoms with E-state index >= 15 is 0 Å². The predicted octanol–water partition coefficient (Wildman–Crippen LogP) is 3.21. The van der Waals surface area contributed by atoms with E-state index in [4.69, 9.17) is 4.52 Å². The van der Waals surface area contributed by atoms with Crippen LogP contribution in [-0.4, -0.2) is 30.7 Å². The average Bonchev–Trinajstić information content (AvgIpc) is 3.05. The van der Waals surface area contributed by atoms with Crippen molar-refractivity contribution in [3.63, 3.8) is 0 Å². The van der Waals surface area contributed by atoms with Gasteiger partial charge in [-0.2, -0.15) is 0 Å². The highest BCUT2D eigenvalue weighted by atomic mass is 32.2. The van der Waals surface area contributed by atoms with E-state index in [2.05, 4.69) is 9.88 Å². The minimum atomic E-state index is -3.36. The Hall–Kier alpha value is -3.13. The number of phenols is 1. The number of benzene rings is 2. The molecule has 0 atom stereocenters. The Morgan fingerprint density at radius 3 is 2.30 bits per heavy atom. The molecule has 0 aliphatic rings. The van der Waals surface area contributed by atoms with E-state index in [1.165, 1.54) is 24.3 Å². The van der Waals surface area contributed by atoms with Crippen LogP contribution in [0.15, 0.2) is 53.1 Å². The molecule has 2 N–H and O–H groups in total. The molecule has 3 rings (SSSR count). The van der Waals surface area contributed by atoms with E-state index in [9.17, 15) is 18.3 Å². The summed E-state index contributed by atoms with van der Waals surface area (Å²) in [5.41, 5.74) is 2.39. The Labute approximate surface area is 156 Å². The van der Waals surface area contributed by atoms with Crippen LogP contribution in [0.2, 0.25) is 0 Å². The van der Waals surface area contributed by atoms with Gasteiger partial charge in [0.05, 0.1) is 6.26 Å². The number of anilines is 1. The van der Waals surface area contributed by atoms with Crippen molar-refractivity contribution in [2.75, 3.05) is 11.0 Å². The van der Waals surface area contributed by atoms with Crippen LogP contribution >= 0.6 is 0 Å². The number of aromatic hydroxyl groups is 1. The lowest BCUT2D eigenvalue weighted by molar-refractivity contribution is 0.103. The first-order valence-electron chi connectivity index (χ1n) is 8.19. The highest BCUT2D eigenvalue weighted by Gasteiger charge is 2.22. The third kappa shape index (κ3) is 4.17. The van der Waals surface area contributed by atoms with Gasteiger partial charge in [0.25, 0.3) is 0 Å². The van der Waals surface area contributed by atoms with Crippen LogP contribution in [0.1, 0.15) is 28.5 Å². The van der Waals surface area contributed by atoms with Crippen molar-refractivity contribution in [3.8, 4) is 17.1 Å². The number of carbonyl (C=O) groups is 1. The highest BCUT2D eigenvalue weighted by Crippen LogP contribution is 2.29. The number of nitrogens with one attached hydrogen (secondary N) is 1. The molecule has 7 nitrogen and oxygen atoms in total. The molecular weight excluding hydrogens is 368 g/mol. The Morgan fingerprint density at radius 1 is 1.11 bits per heavy atom. The van der Waals surface area contributed by atoms with Gasteiger partial charge < -0.3 is 9.63 Å². The van der Waals surface area contributed by atoms with Crippen LogP contribution in [0, 0.1) is 0 Å². The lowest BCUT2D eigenvalue weighted by Gasteiger charge is -2.05. The molecule has 0 saturated carbocycles. The van der Waals surface area contributed by atoms with Crippen LogP contribution in [-0.2, 0) is 16.4 Å². The molecular formula is C19H18N2O5S. The third-order valence-electron chi connectivity index (χ3n) is 3.94. The van der Waals surface area contributed by atoms with E-state index in [0.29, 0.717) is 34.6 Å². The normalized spacial score (nSPS) is 11.3. The van der Waals surface area contributed by atoms with Crippen molar-refractivity contribution in [1.29, 1.82) is 0 Å². The summed E-state index contributed by atoms with van der Waals surface area (Å²) in [4.78, 5) is 12.7. The molecule has 0 radical (unpaired) electrons. The fourth-order valence-corrected chi connectivity index (χ4v) is 3.26. The summed E-state index contributed by atoms with van der Waals surface area (Å²) in [7, 11) is -3.36. The number of phenolic OH excluding ortho intramolecular Hbond substituents is 1. The van der Waals surface area contributed by atoms with Gasteiger partial charge in [0, 0.05) is 22.4 Å². The third-order valence-corrected chi connectivity index (χ3v) is 4.54. The van der Waals surface area contributed by atoms with Crippen LogP contribution in [0.4, 0.5) is 5.69 Å². The van der Waals surface area contributed by atoms with Crippen molar-refractivity contribution in [1.82, 2.24) is 5.16 Å². The molecule has 2 aromatic carbocycles. The van der Waals surface area contributed by atoms with Crippen molar-refractivity contribution in [2.24, 2.45) is 0 Å². The molecule has 0 saturated heterocycles. The fraction of sp³-hybridized carbons (Fsp3) is 0.158. The highest BCUT2D eigenvalue weighted by molar-refractivity contribution is 7.92. The van der Waals surface area contributed by atoms with E-state index in [-0.39, 0.29) is 17.2 Å². The zero-order chi connectivity index (χ0) is 19.6. The predicted molar refractivity (Wildman–Crippen MR) is 101 cm³/mol. The van der Waals surface area contributed by atoms with Gasteiger partial charge in [-0.1, -0.05) is 12.1 Å². The minimum Gasteiger partial charge on any atom is -0.508 e. The second kappa shape index (κ2) is 7.24. The molecule has 8 heteroatoms. The molecule has 27 heavy (non-hydrogen) atoms. The Bertz CT molecular complexity index is 1070. The Kier molecular flexibility index (Phi) is 5.00. The zero-order valence-corrected chi connectivity index (χ0v) is 15.6. The first-order valence-corrected chi connectivity index (χ1v) is 10.1. The summed E-state index contributed by atoms with van der Waals surface area (Å²) in [5, 5.41) is 13.3. The van der Waals surface area contributed by atoms with Crippen LogP contribution in [0.25, 0.3) is 11.3 Å². The monoisotopic (exact) mass is 386 g/mol. The summed E-state index contributed by atoms with van der Waals surface area (Å²) < 4.78 is 30.4. The quantitative estimate of drug-likeness (QED) is 0.630. The zero-order valence-electron chi connectivity index (χ0n) is 14.8. The van der Waals surface area contributed by atoms with Gasteiger partial charge >= 0.3 is 0 Å². The van der Waals surface area contributed by atoms with E-state index in [0.717, 1.165) is 6.26 Å². The second-order valence-corrected chi connectivity index (χ2v) is 7.77. The van der Waals surface area contributed by atoms with Gasteiger partial charge in [-0.3, -0.25) is 9.52 Å². The number of hydrogen-bond acceptors (Lipinski definition) is 6. The van der Waals surface area contributed by atoms with Crippen LogP contribution in [0.3, 0.4) is 0 Å². The summed E-state index contributed by atoms with van der Waals surface area (Å²) in [6.45, 7) is 1.89. The fourth-order valence-electron chi connectivity index (χ4n) is 2.70. The molecule has 0 unspecified atom stereocenters. The van der Waals surface area contributed by atoms with Gasteiger partial charge in [0.1, 0.15) is 5.75 Å². The number of ketones is 1. The SMILES string of the molecule is CCc1c(C(=O)c2ccc(O)cc2)noc1-c1ccc(NS(C)(=O)=O)cc1. The maximum atomic E-state index is 12.7.